The fraction of sp³-hybridized carbons (Fsp3) is 0.571. The molecule has 1 saturated carbocycles. The fourth-order valence-corrected chi connectivity index (χ4v) is 1.93. The molecule has 16 heavy (non-hydrogen) atoms. The Morgan fingerprint density at radius 2 is 1.62 bits per heavy atom. The summed E-state index contributed by atoms with van der Waals surface area (Å²) >= 11 is 0. The number of halogens is 1. The van der Waals surface area contributed by atoms with Gasteiger partial charge in [0.05, 0.1) is 0 Å². The molecule has 1 aromatic carbocycles. The number of rotatable bonds is 2. The summed E-state index contributed by atoms with van der Waals surface area (Å²) in [4.78, 5) is 0. The van der Waals surface area contributed by atoms with E-state index in [2.05, 4.69) is 45.0 Å². The topological polar surface area (TPSA) is 26.0 Å². The van der Waals surface area contributed by atoms with E-state index >= 15 is 0 Å². The maximum atomic E-state index is 6.16. The van der Waals surface area contributed by atoms with Crippen LogP contribution in [-0.2, 0) is 5.41 Å². The zero-order valence-electron chi connectivity index (χ0n) is 10.4. The van der Waals surface area contributed by atoms with E-state index in [9.17, 15) is 0 Å². The van der Waals surface area contributed by atoms with E-state index in [1.165, 1.54) is 24.0 Å². The predicted molar refractivity (Wildman–Crippen MR) is 72.0 cm³/mol. The van der Waals surface area contributed by atoms with Gasteiger partial charge in [0.15, 0.2) is 0 Å². The molecule has 0 bridgehead atoms. The standard InChI is InChI=1S/C14H21N.ClH/c1-14(2,3)12-8-6-11(7-9-12)13(15)10-4-5-10;/h6-10,13H,4-5,15H2,1-3H3;1H/t13-;/m1./s1. The molecule has 2 rings (SSSR count). The molecular formula is C14H22ClN. The van der Waals surface area contributed by atoms with Gasteiger partial charge < -0.3 is 5.73 Å². The van der Waals surface area contributed by atoms with Crippen molar-refractivity contribution >= 4 is 12.4 Å². The molecule has 0 heterocycles. The molecule has 1 fully saturated rings. The lowest BCUT2D eigenvalue weighted by molar-refractivity contribution is 0.587. The first kappa shape index (κ1) is 13.5. The van der Waals surface area contributed by atoms with Gasteiger partial charge >= 0.3 is 0 Å². The van der Waals surface area contributed by atoms with Crippen molar-refractivity contribution in [1.29, 1.82) is 0 Å². The lowest BCUT2D eigenvalue weighted by Crippen LogP contribution is -2.14. The number of nitrogens with two attached hydrogens (primary N) is 1. The quantitative estimate of drug-likeness (QED) is 0.835. The monoisotopic (exact) mass is 239 g/mol. The van der Waals surface area contributed by atoms with Crippen molar-refractivity contribution in [1.82, 2.24) is 0 Å². The molecule has 0 amide bonds. The van der Waals surface area contributed by atoms with Gasteiger partial charge in [0.25, 0.3) is 0 Å². The summed E-state index contributed by atoms with van der Waals surface area (Å²) in [6, 6.07) is 9.10. The molecule has 1 aromatic rings. The van der Waals surface area contributed by atoms with Gasteiger partial charge in [-0.2, -0.15) is 0 Å². The Morgan fingerprint density at radius 3 is 2.00 bits per heavy atom. The first-order valence-corrected chi connectivity index (χ1v) is 5.84. The van der Waals surface area contributed by atoms with Crippen molar-refractivity contribution in [2.45, 2.75) is 45.1 Å². The van der Waals surface area contributed by atoms with Crippen LogP contribution in [0.1, 0.15) is 50.8 Å². The summed E-state index contributed by atoms with van der Waals surface area (Å²) in [6.07, 6.45) is 2.62. The Balaban J connectivity index is 0.00000128. The molecule has 90 valence electrons. The predicted octanol–water partition coefficient (Wildman–Crippen LogP) is 3.82. The van der Waals surface area contributed by atoms with Crippen LogP contribution >= 0.6 is 12.4 Å². The number of benzene rings is 1. The molecule has 0 spiro atoms. The highest BCUT2D eigenvalue weighted by molar-refractivity contribution is 5.85. The Hall–Kier alpha value is -0.530. The summed E-state index contributed by atoms with van der Waals surface area (Å²) in [7, 11) is 0. The van der Waals surface area contributed by atoms with Crippen LogP contribution in [0.15, 0.2) is 24.3 Å². The van der Waals surface area contributed by atoms with Crippen molar-refractivity contribution in [2.24, 2.45) is 11.7 Å². The van der Waals surface area contributed by atoms with Crippen molar-refractivity contribution in [2.75, 3.05) is 0 Å². The Bertz CT molecular complexity index is 333. The average Bonchev–Trinajstić information content (AvgIpc) is 2.99. The van der Waals surface area contributed by atoms with Gasteiger partial charge in [0.2, 0.25) is 0 Å². The second-order valence-corrected chi connectivity index (χ2v) is 5.74. The smallest absolute Gasteiger partial charge is 0.0323 e. The van der Waals surface area contributed by atoms with Crippen LogP contribution in [0.5, 0.6) is 0 Å². The van der Waals surface area contributed by atoms with Crippen LogP contribution < -0.4 is 5.73 Å². The number of hydrogen-bond donors (Lipinski definition) is 1. The minimum atomic E-state index is 0. The lowest BCUT2D eigenvalue weighted by Gasteiger charge is -2.20. The largest absolute Gasteiger partial charge is 0.324 e. The second-order valence-electron chi connectivity index (χ2n) is 5.74. The molecule has 1 nitrogen and oxygen atoms in total. The van der Waals surface area contributed by atoms with Crippen molar-refractivity contribution in [3.8, 4) is 0 Å². The molecule has 1 aliphatic carbocycles. The van der Waals surface area contributed by atoms with Crippen LogP contribution in [0.4, 0.5) is 0 Å². The molecule has 0 aliphatic heterocycles. The summed E-state index contributed by atoms with van der Waals surface area (Å²) in [5.41, 5.74) is 9.08. The van der Waals surface area contributed by atoms with E-state index in [4.69, 9.17) is 5.73 Å². The lowest BCUT2D eigenvalue weighted by atomic mass is 9.86. The van der Waals surface area contributed by atoms with Crippen LogP contribution in [0.2, 0.25) is 0 Å². The van der Waals surface area contributed by atoms with Gasteiger partial charge in [-0.15, -0.1) is 12.4 Å². The van der Waals surface area contributed by atoms with Gasteiger partial charge in [-0.3, -0.25) is 0 Å². The molecule has 0 saturated heterocycles. The van der Waals surface area contributed by atoms with Gasteiger partial charge in [-0.05, 0) is 35.3 Å². The van der Waals surface area contributed by atoms with E-state index in [0.717, 1.165) is 5.92 Å². The van der Waals surface area contributed by atoms with E-state index in [1.54, 1.807) is 0 Å². The van der Waals surface area contributed by atoms with Gasteiger partial charge in [0, 0.05) is 6.04 Å². The van der Waals surface area contributed by atoms with Crippen LogP contribution in [-0.4, -0.2) is 0 Å². The summed E-state index contributed by atoms with van der Waals surface area (Å²) in [5.74, 6) is 0.741. The van der Waals surface area contributed by atoms with E-state index in [1.807, 2.05) is 0 Å². The third-order valence-corrected chi connectivity index (χ3v) is 3.29. The Labute approximate surface area is 105 Å². The minimum Gasteiger partial charge on any atom is -0.324 e. The molecule has 0 aromatic heterocycles. The Kier molecular flexibility index (Phi) is 4.03. The van der Waals surface area contributed by atoms with E-state index < -0.39 is 0 Å². The Morgan fingerprint density at radius 1 is 1.12 bits per heavy atom. The number of hydrogen-bond acceptors (Lipinski definition) is 1. The normalized spacial score (nSPS) is 17.8. The summed E-state index contributed by atoms with van der Waals surface area (Å²) < 4.78 is 0. The second kappa shape index (κ2) is 4.77. The molecular weight excluding hydrogens is 218 g/mol. The molecule has 1 aliphatic rings. The highest BCUT2D eigenvalue weighted by Crippen LogP contribution is 2.39. The molecule has 0 unspecified atom stereocenters. The van der Waals surface area contributed by atoms with Crippen molar-refractivity contribution < 1.29 is 0 Å². The first-order chi connectivity index (χ1) is 6.98. The third-order valence-electron chi connectivity index (χ3n) is 3.29. The maximum Gasteiger partial charge on any atom is 0.0323 e. The van der Waals surface area contributed by atoms with E-state index in [0.29, 0.717) is 0 Å². The van der Waals surface area contributed by atoms with Crippen LogP contribution in [0.3, 0.4) is 0 Å². The van der Waals surface area contributed by atoms with Gasteiger partial charge in [-0.25, -0.2) is 0 Å². The summed E-state index contributed by atoms with van der Waals surface area (Å²) in [6.45, 7) is 6.72. The SMILES string of the molecule is CC(C)(C)c1ccc([C@H](N)C2CC2)cc1.Cl. The molecule has 2 N–H and O–H groups in total. The molecule has 0 radical (unpaired) electrons. The summed E-state index contributed by atoms with van der Waals surface area (Å²) in [5, 5.41) is 0. The molecule has 1 atom stereocenters. The van der Waals surface area contributed by atoms with Crippen molar-refractivity contribution in [3.05, 3.63) is 35.4 Å². The van der Waals surface area contributed by atoms with Crippen LogP contribution in [0.25, 0.3) is 0 Å². The van der Waals surface area contributed by atoms with Gasteiger partial charge in [0.1, 0.15) is 0 Å². The zero-order chi connectivity index (χ0) is 11.1. The average molecular weight is 240 g/mol. The third kappa shape index (κ3) is 2.99. The van der Waals surface area contributed by atoms with E-state index in [-0.39, 0.29) is 23.9 Å². The van der Waals surface area contributed by atoms with Gasteiger partial charge in [-0.1, -0.05) is 45.0 Å². The highest BCUT2D eigenvalue weighted by Gasteiger charge is 2.29. The van der Waals surface area contributed by atoms with Crippen molar-refractivity contribution in [3.63, 3.8) is 0 Å². The fourth-order valence-electron chi connectivity index (χ4n) is 1.93. The molecule has 2 heteroatoms. The highest BCUT2D eigenvalue weighted by atomic mass is 35.5. The van der Waals surface area contributed by atoms with Crippen LogP contribution in [0, 0.1) is 5.92 Å². The minimum absolute atomic E-state index is 0. The first-order valence-electron chi connectivity index (χ1n) is 5.84. The maximum absolute atomic E-state index is 6.16. The zero-order valence-corrected chi connectivity index (χ0v) is 11.2.